The summed E-state index contributed by atoms with van der Waals surface area (Å²) < 4.78 is 26.0. The molecule has 0 aromatic heterocycles. The molecule has 0 amide bonds. The minimum Gasteiger partial charge on any atom is -0.465 e. The average Bonchev–Trinajstić information content (AvgIpc) is 3.10. The Bertz CT molecular complexity index is 1450. The van der Waals surface area contributed by atoms with Crippen molar-refractivity contribution in [2.45, 2.75) is 71.9 Å². The molecule has 272 valence electrons. The van der Waals surface area contributed by atoms with Gasteiger partial charge in [0.1, 0.15) is 0 Å². The summed E-state index contributed by atoms with van der Waals surface area (Å²) >= 11 is 0. The SMILES string of the molecule is CC(=O)OC[C@@H](CO[Si](c1ccccc1)(c1ccccc1)C(C)(C)C)C[C@@H](COC(C)=O)CO[Si](c1ccccc1)(c1ccccc1)C(C)(C)C. The first kappa shape index (κ1) is 40.0. The van der Waals surface area contributed by atoms with Crippen molar-refractivity contribution in [2.24, 2.45) is 11.8 Å². The summed E-state index contributed by atoms with van der Waals surface area (Å²) in [6.07, 6.45) is 0.566. The van der Waals surface area contributed by atoms with E-state index < -0.39 is 16.6 Å². The fourth-order valence-corrected chi connectivity index (χ4v) is 16.6. The first-order chi connectivity index (χ1) is 24.2. The van der Waals surface area contributed by atoms with Crippen LogP contribution in [0.15, 0.2) is 121 Å². The van der Waals surface area contributed by atoms with E-state index >= 15 is 0 Å². The summed E-state index contributed by atoms with van der Waals surface area (Å²) in [5.74, 6) is -1.05. The highest BCUT2D eigenvalue weighted by Crippen LogP contribution is 2.39. The van der Waals surface area contributed by atoms with Gasteiger partial charge >= 0.3 is 11.9 Å². The van der Waals surface area contributed by atoms with Gasteiger partial charge in [-0.2, -0.15) is 0 Å². The van der Waals surface area contributed by atoms with Crippen molar-refractivity contribution in [2.75, 3.05) is 26.4 Å². The Morgan fingerprint density at radius 3 is 0.941 bits per heavy atom. The van der Waals surface area contributed by atoms with E-state index in [0.29, 0.717) is 19.6 Å². The van der Waals surface area contributed by atoms with Crippen LogP contribution in [0.4, 0.5) is 0 Å². The van der Waals surface area contributed by atoms with Gasteiger partial charge in [0.25, 0.3) is 16.6 Å². The lowest BCUT2D eigenvalue weighted by Crippen LogP contribution is -2.67. The Morgan fingerprint density at radius 1 is 0.471 bits per heavy atom. The molecule has 0 aliphatic heterocycles. The maximum atomic E-state index is 12.2. The van der Waals surface area contributed by atoms with Gasteiger partial charge in [0.05, 0.1) is 13.2 Å². The molecule has 0 saturated heterocycles. The second-order valence-electron chi connectivity index (χ2n) is 15.5. The minimum absolute atomic E-state index is 0.182. The molecular weight excluding hydrogens is 669 g/mol. The van der Waals surface area contributed by atoms with E-state index in [0.717, 1.165) is 0 Å². The van der Waals surface area contributed by atoms with Crippen molar-refractivity contribution in [3.05, 3.63) is 121 Å². The number of hydrogen-bond donors (Lipinski definition) is 0. The van der Waals surface area contributed by atoms with Crippen molar-refractivity contribution in [3.63, 3.8) is 0 Å². The van der Waals surface area contributed by atoms with Crippen molar-refractivity contribution < 1.29 is 27.9 Å². The molecule has 0 saturated carbocycles. The van der Waals surface area contributed by atoms with Gasteiger partial charge in [0.2, 0.25) is 0 Å². The van der Waals surface area contributed by atoms with Gasteiger partial charge in [-0.1, -0.05) is 163 Å². The van der Waals surface area contributed by atoms with Crippen LogP contribution in [0.3, 0.4) is 0 Å². The Kier molecular flexibility index (Phi) is 13.8. The molecule has 4 aromatic rings. The summed E-state index contributed by atoms with van der Waals surface area (Å²) in [7, 11) is -5.73. The highest BCUT2D eigenvalue weighted by atomic mass is 28.4. The third-order valence-corrected chi connectivity index (χ3v) is 19.6. The summed E-state index contributed by atoms with van der Waals surface area (Å²) in [5, 5.41) is 4.29. The van der Waals surface area contributed by atoms with Crippen LogP contribution in [0, 0.1) is 11.8 Å². The number of ether oxygens (including phenoxy) is 2. The zero-order valence-corrected chi connectivity index (χ0v) is 33.7. The molecule has 0 spiro atoms. The molecule has 8 heteroatoms. The maximum absolute atomic E-state index is 12.2. The van der Waals surface area contributed by atoms with E-state index in [2.05, 4.69) is 139 Å². The molecule has 4 rings (SSSR count). The fraction of sp³-hybridized carbons (Fsp3) is 0.395. The predicted octanol–water partition coefficient (Wildman–Crippen LogP) is 6.89. The van der Waals surface area contributed by atoms with Gasteiger partial charge in [-0.05, 0) is 37.2 Å². The van der Waals surface area contributed by atoms with Crippen molar-refractivity contribution >= 4 is 49.3 Å². The number of esters is 2. The third-order valence-electron chi connectivity index (χ3n) is 9.62. The molecular formula is C43H56O6Si2. The van der Waals surface area contributed by atoms with Gasteiger partial charge in [-0.3, -0.25) is 9.59 Å². The van der Waals surface area contributed by atoms with Gasteiger partial charge in [-0.25, -0.2) is 0 Å². The molecule has 0 unspecified atom stereocenters. The van der Waals surface area contributed by atoms with Crippen molar-refractivity contribution in [1.29, 1.82) is 0 Å². The van der Waals surface area contributed by atoms with Gasteiger partial charge in [0, 0.05) is 38.9 Å². The van der Waals surface area contributed by atoms with Gasteiger partial charge in [0.15, 0.2) is 0 Å². The molecule has 0 N–H and O–H groups in total. The van der Waals surface area contributed by atoms with Crippen LogP contribution in [-0.4, -0.2) is 55.0 Å². The smallest absolute Gasteiger partial charge is 0.302 e. The molecule has 0 fully saturated rings. The third kappa shape index (κ3) is 9.74. The van der Waals surface area contributed by atoms with E-state index in [1.54, 1.807) is 0 Å². The Morgan fingerprint density at radius 2 is 0.725 bits per heavy atom. The lowest BCUT2D eigenvalue weighted by atomic mass is 9.97. The van der Waals surface area contributed by atoms with Crippen LogP contribution in [0.25, 0.3) is 0 Å². The average molecular weight is 725 g/mol. The van der Waals surface area contributed by atoms with Crippen LogP contribution in [0.2, 0.25) is 10.1 Å². The molecule has 2 atom stereocenters. The molecule has 0 aliphatic carbocycles. The first-order valence-corrected chi connectivity index (χ1v) is 21.8. The monoisotopic (exact) mass is 724 g/mol. The van der Waals surface area contributed by atoms with Crippen molar-refractivity contribution in [1.82, 2.24) is 0 Å². The van der Waals surface area contributed by atoms with Crippen LogP contribution in [0.5, 0.6) is 0 Å². The second-order valence-corrected chi connectivity index (χ2v) is 24.1. The molecule has 0 aliphatic rings. The molecule has 4 aromatic carbocycles. The maximum Gasteiger partial charge on any atom is 0.302 e. The van der Waals surface area contributed by atoms with Gasteiger partial charge in [-0.15, -0.1) is 0 Å². The zero-order chi connectivity index (χ0) is 37.1. The lowest BCUT2D eigenvalue weighted by molar-refractivity contribution is -0.143. The van der Waals surface area contributed by atoms with Crippen LogP contribution >= 0.6 is 0 Å². The lowest BCUT2D eigenvalue weighted by Gasteiger charge is -2.44. The van der Waals surface area contributed by atoms with Crippen molar-refractivity contribution in [3.8, 4) is 0 Å². The quantitative estimate of drug-likeness (QED) is 0.0927. The van der Waals surface area contributed by atoms with Crippen LogP contribution in [0.1, 0.15) is 61.8 Å². The van der Waals surface area contributed by atoms with E-state index in [4.69, 9.17) is 18.3 Å². The van der Waals surface area contributed by atoms with Gasteiger partial charge < -0.3 is 18.3 Å². The summed E-state index contributed by atoms with van der Waals surface area (Å²) in [6.45, 7) is 17.5. The predicted molar refractivity (Wildman–Crippen MR) is 212 cm³/mol. The fourth-order valence-electron chi connectivity index (χ4n) is 7.32. The minimum atomic E-state index is -2.87. The number of carbonyl (C=O) groups excluding carboxylic acids is 2. The number of rotatable bonds is 16. The Balaban J connectivity index is 1.73. The standard InChI is InChI=1S/C43H56O6Si2/c1-34(44)46-30-36(32-48-50(42(3,4)5,38-21-13-9-14-22-38)39-23-15-10-16-24-39)29-37(31-47-35(2)45)33-49-51(43(6,7)8,40-25-17-11-18-26-40)41-27-19-12-20-28-41/h9-28,36-37H,29-33H2,1-8H3/t36-,37-/m0/s1. The Labute approximate surface area is 307 Å². The number of hydrogen-bond acceptors (Lipinski definition) is 6. The molecule has 0 heterocycles. The summed E-state index contributed by atoms with van der Waals surface area (Å²) in [4.78, 5) is 24.4. The van der Waals surface area contributed by atoms with E-state index in [9.17, 15) is 9.59 Å². The van der Waals surface area contributed by atoms with E-state index in [-0.39, 0.29) is 47.1 Å². The molecule has 0 radical (unpaired) electrons. The first-order valence-electron chi connectivity index (χ1n) is 18.0. The highest BCUT2D eigenvalue weighted by molar-refractivity contribution is 7.00. The topological polar surface area (TPSA) is 71.1 Å². The normalized spacial score (nSPS) is 13.6. The largest absolute Gasteiger partial charge is 0.465 e. The molecule has 51 heavy (non-hydrogen) atoms. The molecule has 6 nitrogen and oxygen atoms in total. The van der Waals surface area contributed by atoms with E-state index in [1.165, 1.54) is 34.6 Å². The summed E-state index contributed by atoms with van der Waals surface area (Å²) in [5.41, 5.74) is 0. The number of carbonyl (C=O) groups is 2. The number of benzene rings is 4. The zero-order valence-electron chi connectivity index (χ0n) is 31.7. The highest BCUT2D eigenvalue weighted by Gasteiger charge is 2.52. The molecule has 0 bridgehead atoms. The van der Waals surface area contributed by atoms with E-state index in [1.807, 2.05) is 24.3 Å². The van der Waals surface area contributed by atoms with Crippen LogP contribution in [-0.2, 0) is 27.9 Å². The Hall–Kier alpha value is -3.83. The summed E-state index contributed by atoms with van der Waals surface area (Å²) in [6, 6.07) is 42.1. The van der Waals surface area contributed by atoms with Crippen LogP contribution < -0.4 is 20.7 Å². The second kappa shape index (κ2) is 17.6.